The summed E-state index contributed by atoms with van der Waals surface area (Å²) in [5, 5.41) is 2.96. The van der Waals surface area contributed by atoms with Crippen molar-refractivity contribution < 1.29 is 13.2 Å². The van der Waals surface area contributed by atoms with Gasteiger partial charge < -0.3 is 5.32 Å². The van der Waals surface area contributed by atoms with E-state index in [0.717, 1.165) is 5.56 Å². The van der Waals surface area contributed by atoms with Crippen molar-refractivity contribution in [1.29, 1.82) is 0 Å². The van der Waals surface area contributed by atoms with Gasteiger partial charge in [-0.05, 0) is 43.0 Å². The second-order valence-corrected chi connectivity index (χ2v) is 8.89. The van der Waals surface area contributed by atoms with E-state index in [1.165, 1.54) is 6.07 Å². The highest BCUT2D eigenvalue weighted by Gasteiger charge is 2.32. The number of aromatic nitrogens is 1. The Labute approximate surface area is 165 Å². The van der Waals surface area contributed by atoms with E-state index in [2.05, 4.69) is 20.0 Å². The Hall–Kier alpha value is -2.74. The quantitative estimate of drug-likeness (QED) is 0.778. The normalized spacial score (nSPS) is 18.4. The smallest absolute Gasteiger partial charge is 0.263 e. The molecule has 1 aliphatic rings. The Bertz CT molecular complexity index is 988. The Morgan fingerprint density at radius 3 is 2.61 bits per heavy atom. The van der Waals surface area contributed by atoms with Crippen LogP contribution in [-0.4, -0.2) is 31.2 Å². The number of sulfonamides is 1. The minimum absolute atomic E-state index is 0.182. The number of fused-ring (bicyclic) bond motifs is 1. The van der Waals surface area contributed by atoms with Crippen LogP contribution in [0.1, 0.15) is 44.4 Å². The molecule has 2 aromatic rings. The maximum atomic E-state index is 12.9. The monoisotopic (exact) mass is 400 g/mol. The minimum atomic E-state index is -3.64. The van der Waals surface area contributed by atoms with Crippen molar-refractivity contribution in [3.63, 3.8) is 0 Å². The van der Waals surface area contributed by atoms with Gasteiger partial charge in [0.1, 0.15) is 11.9 Å². The fraction of sp³-hybridized carbons (Fsp3) is 0.350. The van der Waals surface area contributed by atoms with Crippen LogP contribution >= 0.6 is 0 Å². The van der Waals surface area contributed by atoms with Crippen molar-refractivity contribution in [1.82, 2.24) is 15.0 Å². The van der Waals surface area contributed by atoms with Crippen LogP contribution in [0, 0.1) is 5.92 Å². The summed E-state index contributed by atoms with van der Waals surface area (Å²) in [4.78, 5) is 21.7. The molecule has 2 atom stereocenters. The summed E-state index contributed by atoms with van der Waals surface area (Å²) < 4.78 is 27.1. The molecule has 8 heteroatoms. The third-order valence-electron chi connectivity index (χ3n) is 4.49. The zero-order chi connectivity index (χ0) is 20.3. The average Bonchev–Trinajstić information content (AvgIpc) is 2.92. The molecule has 3 rings (SSSR count). The molecule has 0 radical (unpaired) electrons. The Morgan fingerprint density at radius 2 is 1.93 bits per heavy atom. The van der Waals surface area contributed by atoms with E-state index in [9.17, 15) is 13.2 Å². The topological polar surface area (TPSA) is 101 Å². The molecule has 2 N–H and O–H groups in total. The molecular formula is C20H24N4O3S. The second kappa shape index (κ2) is 8.10. The fourth-order valence-corrected chi connectivity index (χ4v) is 4.31. The van der Waals surface area contributed by atoms with Crippen molar-refractivity contribution in [3.05, 3.63) is 59.9 Å². The minimum Gasteiger partial charge on any atom is -0.348 e. The maximum Gasteiger partial charge on any atom is 0.263 e. The van der Waals surface area contributed by atoms with Crippen LogP contribution in [0.3, 0.4) is 0 Å². The summed E-state index contributed by atoms with van der Waals surface area (Å²) in [6.07, 6.45) is 3.88. The number of amides is 1. The molecule has 2 unspecified atom stereocenters. The zero-order valence-corrected chi connectivity index (χ0v) is 16.9. The molecule has 7 nitrogen and oxygen atoms in total. The van der Waals surface area contributed by atoms with Gasteiger partial charge in [0.2, 0.25) is 5.91 Å². The summed E-state index contributed by atoms with van der Waals surface area (Å²) in [6.45, 7) is 5.87. The molecule has 148 valence electrons. The molecule has 0 aliphatic carbocycles. The van der Waals surface area contributed by atoms with E-state index in [-0.39, 0.29) is 28.6 Å². The van der Waals surface area contributed by atoms with Crippen molar-refractivity contribution in [2.24, 2.45) is 10.9 Å². The first-order valence-electron chi connectivity index (χ1n) is 9.18. The van der Waals surface area contributed by atoms with Gasteiger partial charge in [-0.2, -0.15) is 0 Å². The third kappa shape index (κ3) is 4.39. The lowest BCUT2D eigenvalue weighted by Crippen LogP contribution is -2.37. The maximum absolute atomic E-state index is 12.9. The van der Waals surface area contributed by atoms with Gasteiger partial charge in [-0.25, -0.2) is 8.42 Å². The highest BCUT2D eigenvalue weighted by atomic mass is 32.2. The number of pyridine rings is 1. The molecule has 1 aliphatic heterocycles. The van der Waals surface area contributed by atoms with Crippen molar-refractivity contribution in [2.75, 3.05) is 0 Å². The number of hydrogen-bond acceptors (Lipinski definition) is 5. The number of benzene rings is 1. The summed E-state index contributed by atoms with van der Waals surface area (Å²) in [5.41, 5.74) is 1.38. The molecule has 28 heavy (non-hydrogen) atoms. The van der Waals surface area contributed by atoms with Gasteiger partial charge in [-0.3, -0.25) is 19.5 Å². The highest BCUT2D eigenvalue weighted by molar-refractivity contribution is 7.90. The Balaban J connectivity index is 1.87. The molecule has 1 amide bonds. The van der Waals surface area contributed by atoms with Crippen LogP contribution in [0.25, 0.3) is 0 Å². The largest absolute Gasteiger partial charge is 0.348 e. The number of rotatable bonds is 6. The van der Waals surface area contributed by atoms with Gasteiger partial charge >= 0.3 is 0 Å². The van der Waals surface area contributed by atoms with E-state index in [4.69, 9.17) is 0 Å². The van der Waals surface area contributed by atoms with E-state index < -0.39 is 16.1 Å². The highest BCUT2D eigenvalue weighted by Crippen LogP contribution is 2.23. The second-order valence-electron chi connectivity index (χ2n) is 7.24. The third-order valence-corrected chi connectivity index (χ3v) is 5.89. The van der Waals surface area contributed by atoms with Crippen LogP contribution in [0.2, 0.25) is 0 Å². The van der Waals surface area contributed by atoms with Crippen LogP contribution in [0.4, 0.5) is 0 Å². The molecule has 0 saturated carbocycles. The van der Waals surface area contributed by atoms with Gasteiger partial charge in [0, 0.05) is 18.0 Å². The van der Waals surface area contributed by atoms with E-state index in [1.807, 2.05) is 32.9 Å². The molecule has 1 aromatic heterocycles. The first-order chi connectivity index (χ1) is 13.3. The van der Waals surface area contributed by atoms with Crippen LogP contribution in [-0.2, 0) is 14.8 Å². The SMILES string of the molecule is CC(C)CC(N=C1NS(=O)(=O)c2ccccc21)C(=O)NC(C)c1cccnc1. The van der Waals surface area contributed by atoms with E-state index >= 15 is 0 Å². The van der Waals surface area contributed by atoms with Gasteiger partial charge in [0.15, 0.2) is 0 Å². The molecule has 0 bridgehead atoms. The van der Waals surface area contributed by atoms with Crippen LogP contribution < -0.4 is 10.0 Å². The van der Waals surface area contributed by atoms with E-state index in [0.29, 0.717) is 12.0 Å². The predicted molar refractivity (Wildman–Crippen MR) is 107 cm³/mol. The molecular weight excluding hydrogens is 376 g/mol. The number of nitrogens with zero attached hydrogens (tertiary/aromatic N) is 2. The van der Waals surface area contributed by atoms with Gasteiger partial charge in [0.05, 0.1) is 10.9 Å². The summed E-state index contributed by atoms with van der Waals surface area (Å²) in [7, 11) is -3.64. The van der Waals surface area contributed by atoms with Crippen LogP contribution in [0.5, 0.6) is 0 Å². The number of amidine groups is 1. The van der Waals surface area contributed by atoms with Crippen molar-refractivity contribution in [3.8, 4) is 0 Å². The van der Waals surface area contributed by atoms with Gasteiger partial charge in [-0.1, -0.05) is 32.0 Å². The first kappa shape index (κ1) is 20.0. The number of nitrogens with one attached hydrogen (secondary N) is 2. The lowest BCUT2D eigenvalue weighted by atomic mass is 10.0. The lowest BCUT2D eigenvalue weighted by Gasteiger charge is -2.19. The van der Waals surface area contributed by atoms with Crippen molar-refractivity contribution >= 4 is 21.8 Å². The standard InChI is InChI=1S/C20H24N4O3S/c1-13(2)11-17(20(25)22-14(3)15-7-6-10-21-12-15)23-19-16-8-4-5-9-18(16)28(26,27)24-19/h4-10,12-14,17H,11H2,1-3H3,(H,22,25)(H,23,24). The van der Waals surface area contributed by atoms with Crippen LogP contribution in [0.15, 0.2) is 58.7 Å². The molecule has 1 aromatic carbocycles. The molecule has 2 heterocycles. The first-order valence-corrected chi connectivity index (χ1v) is 10.7. The molecule has 0 spiro atoms. The zero-order valence-electron chi connectivity index (χ0n) is 16.1. The molecule has 0 fully saturated rings. The number of aliphatic imine (C=N–C) groups is 1. The number of hydrogen-bond donors (Lipinski definition) is 2. The average molecular weight is 401 g/mol. The van der Waals surface area contributed by atoms with E-state index in [1.54, 1.807) is 30.6 Å². The van der Waals surface area contributed by atoms with Gasteiger partial charge in [0.25, 0.3) is 10.0 Å². The fourth-order valence-electron chi connectivity index (χ4n) is 3.08. The Kier molecular flexibility index (Phi) is 5.79. The van der Waals surface area contributed by atoms with Crippen molar-refractivity contribution in [2.45, 2.75) is 44.2 Å². The summed E-state index contributed by atoms with van der Waals surface area (Å²) in [5.74, 6) is 0.175. The summed E-state index contributed by atoms with van der Waals surface area (Å²) in [6, 6.07) is 9.40. The predicted octanol–water partition coefficient (Wildman–Crippen LogP) is 2.41. The molecule has 0 saturated heterocycles. The summed E-state index contributed by atoms with van der Waals surface area (Å²) >= 11 is 0. The lowest BCUT2D eigenvalue weighted by molar-refractivity contribution is -0.123. The number of carbonyl (C=O) groups excluding carboxylic acids is 1. The van der Waals surface area contributed by atoms with Gasteiger partial charge in [-0.15, -0.1) is 0 Å². The Morgan fingerprint density at radius 1 is 1.18 bits per heavy atom. The number of carbonyl (C=O) groups is 1.